The van der Waals surface area contributed by atoms with E-state index >= 15 is 0 Å². The molecule has 4 nitrogen and oxygen atoms in total. The molecule has 26 heavy (non-hydrogen) atoms. The second-order valence-electron chi connectivity index (χ2n) is 6.86. The highest BCUT2D eigenvalue weighted by Gasteiger charge is 2.37. The number of hydrogen-bond acceptors (Lipinski definition) is 4. The van der Waals surface area contributed by atoms with Gasteiger partial charge in [0.25, 0.3) is 0 Å². The Bertz CT molecular complexity index is 726. The zero-order chi connectivity index (χ0) is 18.6. The van der Waals surface area contributed by atoms with Crippen molar-refractivity contribution in [3.05, 3.63) is 54.1 Å². The smallest absolute Gasteiger partial charge is 0.308 e. The zero-order valence-electron chi connectivity index (χ0n) is 15.4. The summed E-state index contributed by atoms with van der Waals surface area (Å²) in [5.74, 6) is 0.603. The molecular formula is C22H26O4. The Hall–Kier alpha value is -2.33. The van der Waals surface area contributed by atoms with Crippen LogP contribution in [-0.2, 0) is 15.1 Å². The fraction of sp³-hybridized carbons (Fsp3) is 0.409. The van der Waals surface area contributed by atoms with Crippen LogP contribution in [0.15, 0.2) is 48.5 Å². The third kappa shape index (κ3) is 3.91. The lowest BCUT2D eigenvalue weighted by molar-refractivity contribution is -0.148. The Kier molecular flexibility index (Phi) is 5.62. The SMILES string of the molecule is CCOc1ccc(-c2ccc(C3(O)CCC(C(=O)OC)CC3)cc2)cc1. The van der Waals surface area contributed by atoms with E-state index < -0.39 is 5.60 Å². The van der Waals surface area contributed by atoms with Gasteiger partial charge in [0, 0.05) is 0 Å². The van der Waals surface area contributed by atoms with Crippen LogP contribution in [0.4, 0.5) is 0 Å². The fourth-order valence-electron chi connectivity index (χ4n) is 3.67. The summed E-state index contributed by atoms with van der Waals surface area (Å²) >= 11 is 0. The van der Waals surface area contributed by atoms with Crippen molar-refractivity contribution in [3.63, 3.8) is 0 Å². The Morgan fingerprint density at radius 3 is 2.08 bits per heavy atom. The molecule has 0 atom stereocenters. The third-order valence-electron chi connectivity index (χ3n) is 5.27. The van der Waals surface area contributed by atoms with Crippen molar-refractivity contribution in [1.82, 2.24) is 0 Å². The zero-order valence-corrected chi connectivity index (χ0v) is 15.4. The van der Waals surface area contributed by atoms with E-state index in [4.69, 9.17) is 9.47 Å². The summed E-state index contributed by atoms with van der Waals surface area (Å²) in [5, 5.41) is 11.0. The normalized spacial score (nSPS) is 22.7. The first-order chi connectivity index (χ1) is 12.6. The van der Waals surface area contributed by atoms with E-state index in [1.807, 2.05) is 55.5 Å². The molecule has 0 unspecified atom stereocenters. The highest BCUT2D eigenvalue weighted by molar-refractivity contribution is 5.72. The maximum Gasteiger partial charge on any atom is 0.308 e. The number of ether oxygens (including phenoxy) is 2. The summed E-state index contributed by atoms with van der Waals surface area (Å²) < 4.78 is 10.3. The molecule has 3 rings (SSSR count). The van der Waals surface area contributed by atoms with Crippen LogP contribution in [0.1, 0.15) is 38.2 Å². The molecule has 2 aromatic rings. The fourth-order valence-corrected chi connectivity index (χ4v) is 3.67. The maximum absolute atomic E-state index is 11.7. The number of rotatable bonds is 5. The molecule has 1 aliphatic carbocycles. The van der Waals surface area contributed by atoms with E-state index in [1.54, 1.807) is 0 Å². The highest BCUT2D eigenvalue weighted by atomic mass is 16.5. The van der Waals surface area contributed by atoms with E-state index in [-0.39, 0.29) is 11.9 Å². The number of carbonyl (C=O) groups excluding carboxylic acids is 1. The predicted octanol–water partition coefficient (Wildman–Crippen LogP) is 4.30. The maximum atomic E-state index is 11.7. The third-order valence-corrected chi connectivity index (χ3v) is 5.27. The largest absolute Gasteiger partial charge is 0.494 e. The Labute approximate surface area is 154 Å². The molecule has 2 aromatic carbocycles. The lowest BCUT2D eigenvalue weighted by Crippen LogP contribution is -2.34. The van der Waals surface area contributed by atoms with Crippen molar-refractivity contribution in [3.8, 4) is 16.9 Å². The first kappa shape index (κ1) is 18.5. The van der Waals surface area contributed by atoms with Crippen molar-refractivity contribution in [2.45, 2.75) is 38.2 Å². The summed E-state index contributed by atoms with van der Waals surface area (Å²) in [6.45, 7) is 2.62. The van der Waals surface area contributed by atoms with Gasteiger partial charge in [-0.15, -0.1) is 0 Å². The van der Waals surface area contributed by atoms with Crippen LogP contribution >= 0.6 is 0 Å². The molecule has 0 heterocycles. The van der Waals surface area contributed by atoms with Gasteiger partial charge in [0.2, 0.25) is 0 Å². The first-order valence-corrected chi connectivity index (χ1v) is 9.20. The second-order valence-corrected chi connectivity index (χ2v) is 6.86. The van der Waals surface area contributed by atoms with Crippen molar-refractivity contribution < 1.29 is 19.4 Å². The van der Waals surface area contributed by atoms with Gasteiger partial charge >= 0.3 is 5.97 Å². The van der Waals surface area contributed by atoms with Crippen LogP contribution in [0.5, 0.6) is 5.75 Å². The molecule has 0 aliphatic heterocycles. The Morgan fingerprint density at radius 2 is 1.58 bits per heavy atom. The Balaban J connectivity index is 1.70. The molecule has 1 N–H and O–H groups in total. The van der Waals surface area contributed by atoms with E-state index in [2.05, 4.69) is 0 Å². The van der Waals surface area contributed by atoms with Gasteiger partial charge in [-0.3, -0.25) is 4.79 Å². The molecule has 0 bridgehead atoms. The van der Waals surface area contributed by atoms with Gasteiger partial charge in [0.05, 0.1) is 25.2 Å². The molecular weight excluding hydrogens is 328 g/mol. The second kappa shape index (κ2) is 7.92. The number of methoxy groups -OCH3 is 1. The van der Waals surface area contributed by atoms with Gasteiger partial charge in [-0.1, -0.05) is 36.4 Å². The number of benzene rings is 2. The summed E-state index contributed by atoms with van der Waals surface area (Å²) in [4.78, 5) is 11.7. The Morgan fingerprint density at radius 1 is 1.04 bits per heavy atom. The summed E-state index contributed by atoms with van der Waals surface area (Å²) in [6, 6.07) is 16.1. The van der Waals surface area contributed by atoms with Gasteiger partial charge in [-0.05, 0) is 61.4 Å². The van der Waals surface area contributed by atoms with Crippen molar-refractivity contribution >= 4 is 5.97 Å². The predicted molar refractivity (Wildman–Crippen MR) is 101 cm³/mol. The highest BCUT2D eigenvalue weighted by Crippen LogP contribution is 2.40. The van der Waals surface area contributed by atoms with Crippen molar-refractivity contribution in [1.29, 1.82) is 0 Å². The van der Waals surface area contributed by atoms with Crippen LogP contribution in [0.25, 0.3) is 11.1 Å². The van der Waals surface area contributed by atoms with E-state index in [0.29, 0.717) is 32.3 Å². The molecule has 0 aromatic heterocycles. The average molecular weight is 354 g/mol. The molecule has 1 aliphatic rings. The minimum Gasteiger partial charge on any atom is -0.494 e. The van der Waals surface area contributed by atoms with Crippen LogP contribution < -0.4 is 4.74 Å². The molecule has 0 radical (unpaired) electrons. The van der Waals surface area contributed by atoms with Crippen molar-refractivity contribution in [2.24, 2.45) is 5.92 Å². The number of hydrogen-bond donors (Lipinski definition) is 1. The van der Waals surface area contributed by atoms with E-state index in [0.717, 1.165) is 22.4 Å². The molecule has 0 saturated heterocycles. The minimum atomic E-state index is -0.859. The standard InChI is InChI=1S/C22H26O4/c1-3-26-20-10-6-17(7-11-20)16-4-8-19(9-5-16)22(24)14-12-18(13-15-22)21(23)25-2/h4-11,18,24H,3,12-15H2,1-2H3. The number of carbonyl (C=O) groups is 1. The van der Waals surface area contributed by atoms with E-state index in [9.17, 15) is 9.90 Å². The minimum absolute atomic E-state index is 0.0941. The van der Waals surface area contributed by atoms with Crippen LogP contribution in [0.3, 0.4) is 0 Å². The summed E-state index contributed by atoms with van der Waals surface area (Å²) in [5.41, 5.74) is 2.27. The van der Waals surface area contributed by atoms with Crippen LogP contribution in [0, 0.1) is 5.92 Å². The molecule has 0 spiro atoms. The average Bonchev–Trinajstić information content (AvgIpc) is 2.69. The van der Waals surface area contributed by atoms with Crippen LogP contribution in [-0.4, -0.2) is 24.8 Å². The van der Waals surface area contributed by atoms with Gasteiger partial charge in [0.1, 0.15) is 5.75 Å². The van der Waals surface area contributed by atoms with Gasteiger partial charge < -0.3 is 14.6 Å². The van der Waals surface area contributed by atoms with Gasteiger partial charge in [-0.2, -0.15) is 0 Å². The molecule has 138 valence electrons. The lowest BCUT2D eigenvalue weighted by atomic mass is 9.75. The number of esters is 1. The van der Waals surface area contributed by atoms with Crippen molar-refractivity contribution in [2.75, 3.05) is 13.7 Å². The molecule has 4 heteroatoms. The first-order valence-electron chi connectivity index (χ1n) is 9.20. The molecule has 1 saturated carbocycles. The summed E-state index contributed by atoms with van der Waals surface area (Å²) in [6.07, 6.45) is 2.47. The molecule has 1 fully saturated rings. The van der Waals surface area contributed by atoms with E-state index in [1.165, 1.54) is 7.11 Å². The lowest BCUT2D eigenvalue weighted by Gasteiger charge is -2.35. The summed E-state index contributed by atoms with van der Waals surface area (Å²) in [7, 11) is 1.42. The monoisotopic (exact) mass is 354 g/mol. The molecule has 0 amide bonds. The van der Waals surface area contributed by atoms with Gasteiger partial charge in [-0.25, -0.2) is 0 Å². The quantitative estimate of drug-likeness (QED) is 0.813. The number of aliphatic hydroxyl groups is 1. The van der Waals surface area contributed by atoms with Gasteiger partial charge in [0.15, 0.2) is 0 Å². The van der Waals surface area contributed by atoms with Crippen LogP contribution in [0.2, 0.25) is 0 Å². The topological polar surface area (TPSA) is 55.8 Å².